The minimum Gasteiger partial charge on any atom is -0.497 e. The van der Waals surface area contributed by atoms with Crippen molar-refractivity contribution in [1.29, 1.82) is 0 Å². The van der Waals surface area contributed by atoms with E-state index in [0.29, 0.717) is 24.3 Å². The SMILES string of the molecule is COc1ccc(Oc2ccccc2S(=O)(=O)N2CCCC2[N+]2(C)CC(=O)NC2=O)cc1. The molecule has 2 aliphatic rings. The molecule has 10 heteroatoms. The normalized spacial score (nSPS) is 24.3. The van der Waals surface area contributed by atoms with Crippen molar-refractivity contribution >= 4 is 22.0 Å². The number of sulfonamides is 1. The van der Waals surface area contributed by atoms with Gasteiger partial charge >= 0.3 is 6.03 Å². The highest BCUT2D eigenvalue weighted by Crippen LogP contribution is 2.37. The van der Waals surface area contributed by atoms with Crippen LogP contribution in [0.25, 0.3) is 0 Å². The van der Waals surface area contributed by atoms with E-state index in [-0.39, 0.29) is 28.2 Å². The second kappa shape index (κ2) is 7.95. The number of carbonyl (C=O) groups is 2. The number of para-hydroxylation sites is 1. The largest absolute Gasteiger partial charge is 0.497 e. The molecule has 1 N–H and O–H groups in total. The zero-order chi connectivity index (χ0) is 22.2. The molecule has 31 heavy (non-hydrogen) atoms. The summed E-state index contributed by atoms with van der Waals surface area (Å²) < 4.78 is 39.3. The van der Waals surface area contributed by atoms with Crippen molar-refractivity contribution in [2.45, 2.75) is 23.9 Å². The first kappa shape index (κ1) is 21.3. The smallest absolute Gasteiger partial charge is 0.424 e. The van der Waals surface area contributed by atoms with Crippen LogP contribution in [0.15, 0.2) is 53.4 Å². The van der Waals surface area contributed by atoms with Crippen LogP contribution in [0, 0.1) is 0 Å². The molecule has 2 fully saturated rings. The van der Waals surface area contributed by atoms with E-state index in [0.717, 1.165) is 0 Å². The summed E-state index contributed by atoms with van der Waals surface area (Å²) in [7, 11) is -0.839. The molecule has 164 valence electrons. The summed E-state index contributed by atoms with van der Waals surface area (Å²) in [5, 5.41) is 2.29. The van der Waals surface area contributed by atoms with Gasteiger partial charge in [-0.15, -0.1) is 4.31 Å². The number of amides is 3. The van der Waals surface area contributed by atoms with Crippen molar-refractivity contribution in [2.75, 3.05) is 27.2 Å². The molecule has 0 bridgehead atoms. The number of benzene rings is 2. The van der Waals surface area contributed by atoms with E-state index in [4.69, 9.17) is 9.47 Å². The van der Waals surface area contributed by atoms with Crippen molar-refractivity contribution in [3.8, 4) is 17.2 Å². The Morgan fingerprint density at radius 1 is 1.06 bits per heavy atom. The molecule has 0 saturated carbocycles. The number of methoxy groups -OCH3 is 1. The highest BCUT2D eigenvalue weighted by molar-refractivity contribution is 7.89. The summed E-state index contributed by atoms with van der Waals surface area (Å²) in [5.41, 5.74) is 0. The Balaban J connectivity index is 1.67. The first-order valence-electron chi connectivity index (χ1n) is 9.88. The Hall–Kier alpha value is -2.95. The van der Waals surface area contributed by atoms with E-state index < -0.39 is 28.1 Å². The Bertz CT molecular complexity index is 1120. The monoisotopic (exact) mass is 446 g/mol. The maximum atomic E-state index is 13.6. The lowest BCUT2D eigenvalue weighted by atomic mass is 10.3. The van der Waals surface area contributed by atoms with Crippen LogP contribution in [0.5, 0.6) is 17.2 Å². The molecule has 2 aromatic rings. The van der Waals surface area contributed by atoms with E-state index in [1.54, 1.807) is 56.6 Å². The van der Waals surface area contributed by atoms with Crippen molar-refractivity contribution in [3.63, 3.8) is 0 Å². The van der Waals surface area contributed by atoms with E-state index in [1.807, 2.05) is 0 Å². The van der Waals surface area contributed by atoms with Gasteiger partial charge in [-0.3, -0.25) is 4.79 Å². The molecule has 3 amide bonds. The van der Waals surface area contributed by atoms with Crippen LogP contribution in [-0.4, -0.2) is 62.6 Å². The summed E-state index contributed by atoms with van der Waals surface area (Å²) >= 11 is 0. The number of rotatable bonds is 6. The Morgan fingerprint density at radius 2 is 1.74 bits per heavy atom. The molecule has 2 aliphatic heterocycles. The lowest BCUT2D eigenvalue weighted by Crippen LogP contribution is -2.60. The minimum absolute atomic E-state index is 0.00949. The number of nitrogens with one attached hydrogen (secondary N) is 1. The van der Waals surface area contributed by atoms with Gasteiger partial charge in [0.05, 0.1) is 14.2 Å². The molecular weight excluding hydrogens is 422 g/mol. The molecule has 2 unspecified atom stereocenters. The number of hydrogen-bond donors (Lipinski definition) is 1. The van der Waals surface area contributed by atoms with Crippen LogP contribution in [0.2, 0.25) is 0 Å². The van der Waals surface area contributed by atoms with E-state index in [2.05, 4.69) is 5.32 Å². The molecule has 9 nitrogen and oxygen atoms in total. The lowest BCUT2D eigenvalue weighted by Gasteiger charge is -2.35. The molecule has 2 saturated heterocycles. The number of likely N-dealkylation sites (N-methyl/N-ethyl adjacent to an activating group) is 1. The van der Waals surface area contributed by atoms with E-state index >= 15 is 0 Å². The standard InChI is InChI=1S/C21H23N3O6S/c1-24(14-19(25)22-21(24)26)20-8-5-13-23(20)31(27,28)18-7-4-3-6-17(18)30-16-11-9-15(29-2)10-12-16/h3-4,6-7,9-12,20H,5,8,13-14H2,1-2H3/p+1. The van der Waals surface area contributed by atoms with Crippen LogP contribution >= 0.6 is 0 Å². The molecular formula is C21H24N3O6S+. The number of imide groups is 1. The van der Waals surface area contributed by atoms with Gasteiger partial charge < -0.3 is 9.47 Å². The Kier molecular flexibility index (Phi) is 5.46. The summed E-state index contributed by atoms with van der Waals surface area (Å²) in [5.74, 6) is 0.899. The van der Waals surface area contributed by atoms with Crippen LogP contribution in [0.4, 0.5) is 4.79 Å². The van der Waals surface area contributed by atoms with Crippen LogP contribution < -0.4 is 14.8 Å². The van der Waals surface area contributed by atoms with Gasteiger partial charge in [-0.2, -0.15) is 0 Å². The molecule has 0 aromatic heterocycles. The van der Waals surface area contributed by atoms with Gasteiger partial charge in [-0.05, 0) is 42.8 Å². The fraction of sp³-hybridized carbons (Fsp3) is 0.333. The fourth-order valence-electron chi connectivity index (χ4n) is 4.11. The van der Waals surface area contributed by atoms with Gasteiger partial charge in [0.1, 0.15) is 22.1 Å². The van der Waals surface area contributed by atoms with Gasteiger partial charge in [0.2, 0.25) is 0 Å². The number of hydrogen-bond acceptors (Lipinski definition) is 6. The summed E-state index contributed by atoms with van der Waals surface area (Å²) in [6.45, 7) is 0.179. The molecule has 2 atom stereocenters. The maximum Gasteiger partial charge on any atom is 0.424 e. The molecule has 4 rings (SSSR count). The van der Waals surface area contributed by atoms with Gasteiger partial charge in [-0.1, -0.05) is 12.1 Å². The number of ether oxygens (including phenoxy) is 2. The average molecular weight is 447 g/mol. The highest BCUT2D eigenvalue weighted by Gasteiger charge is 2.55. The summed E-state index contributed by atoms with van der Waals surface area (Å²) in [4.78, 5) is 24.3. The van der Waals surface area contributed by atoms with Crippen molar-refractivity contribution in [3.05, 3.63) is 48.5 Å². The number of urea groups is 1. The molecule has 0 spiro atoms. The summed E-state index contributed by atoms with van der Waals surface area (Å²) in [6, 6.07) is 12.7. The quantitative estimate of drug-likeness (QED) is 0.540. The third kappa shape index (κ3) is 3.78. The first-order chi connectivity index (χ1) is 14.8. The number of quaternary nitrogens is 1. The molecule has 2 heterocycles. The third-order valence-corrected chi connectivity index (χ3v) is 7.67. The van der Waals surface area contributed by atoms with Crippen LogP contribution in [0.1, 0.15) is 12.8 Å². The number of nitrogens with zero attached hydrogens (tertiary/aromatic N) is 2. The van der Waals surface area contributed by atoms with E-state index in [9.17, 15) is 18.0 Å². The average Bonchev–Trinajstić information content (AvgIpc) is 3.35. The zero-order valence-corrected chi connectivity index (χ0v) is 18.1. The maximum absolute atomic E-state index is 13.6. The predicted molar refractivity (Wildman–Crippen MR) is 111 cm³/mol. The lowest BCUT2D eigenvalue weighted by molar-refractivity contribution is -0.851. The predicted octanol–water partition coefficient (Wildman–Crippen LogP) is 2.29. The third-order valence-electron chi connectivity index (χ3n) is 5.74. The Labute approximate surface area is 180 Å². The van der Waals surface area contributed by atoms with Gasteiger partial charge in [0.25, 0.3) is 15.9 Å². The van der Waals surface area contributed by atoms with Crippen molar-refractivity contribution in [2.24, 2.45) is 0 Å². The van der Waals surface area contributed by atoms with Gasteiger partial charge in [0, 0.05) is 13.0 Å². The van der Waals surface area contributed by atoms with Crippen molar-refractivity contribution < 1.29 is 32.0 Å². The topological polar surface area (TPSA) is 102 Å². The van der Waals surface area contributed by atoms with E-state index in [1.165, 1.54) is 10.4 Å². The molecule has 2 aromatic carbocycles. The second-order valence-corrected chi connectivity index (χ2v) is 9.60. The first-order valence-corrected chi connectivity index (χ1v) is 11.3. The Morgan fingerprint density at radius 3 is 2.39 bits per heavy atom. The fourth-order valence-corrected chi connectivity index (χ4v) is 5.98. The summed E-state index contributed by atoms with van der Waals surface area (Å²) in [6.07, 6.45) is 0.420. The van der Waals surface area contributed by atoms with Gasteiger partial charge in [-0.25, -0.2) is 23.0 Å². The minimum atomic E-state index is -3.99. The number of carbonyl (C=O) groups excluding carboxylic acids is 2. The highest BCUT2D eigenvalue weighted by atomic mass is 32.2. The van der Waals surface area contributed by atoms with Gasteiger partial charge in [0.15, 0.2) is 12.7 Å². The van der Waals surface area contributed by atoms with Crippen LogP contribution in [-0.2, 0) is 14.8 Å². The second-order valence-electron chi connectivity index (χ2n) is 7.74. The zero-order valence-electron chi connectivity index (χ0n) is 17.3. The molecule has 0 aliphatic carbocycles. The molecule has 0 radical (unpaired) electrons. The van der Waals surface area contributed by atoms with Crippen LogP contribution in [0.3, 0.4) is 0 Å². The van der Waals surface area contributed by atoms with Crippen molar-refractivity contribution in [1.82, 2.24) is 9.62 Å².